The van der Waals surface area contributed by atoms with Crippen LogP contribution in [0.1, 0.15) is 43.3 Å². The van der Waals surface area contributed by atoms with Crippen LogP contribution in [0.4, 0.5) is 5.13 Å². The van der Waals surface area contributed by atoms with Crippen molar-refractivity contribution in [2.24, 2.45) is 5.73 Å². The standard InChI is InChI=1S/C14H24N4S/c1-9-7-17-6-4-5-12(17)8-18(9)14-16-11(3)13(19-14)10(2)15/h9-10,12H,4-8,15H2,1-3H3. The zero-order chi connectivity index (χ0) is 13.6. The van der Waals surface area contributed by atoms with E-state index in [1.807, 2.05) is 6.92 Å². The fraction of sp³-hybridized carbons (Fsp3) is 0.786. The van der Waals surface area contributed by atoms with E-state index in [1.165, 1.54) is 35.9 Å². The average Bonchev–Trinajstić information content (AvgIpc) is 2.93. The van der Waals surface area contributed by atoms with E-state index in [-0.39, 0.29) is 6.04 Å². The number of piperazine rings is 1. The third-order valence-electron chi connectivity index (χ3n) is 4.42. The number of fused-ring (bicyclic) bond motifs is 1. The first-order valence-electron chi connectivity index (χ1n) is 7.30. The predicted octanol–water partition coefficient (Wildman–Crippen LogP) is 2.14. The quantitative estimate of drug-likeness (QED) is 0.901. The van der Waals surface area contributed by atoms with Crippen molar-refractivity contribution in [3.8, 4) is 0 Å². The Kier molecular flexibility index (Phi) is 3.53. The lowest BCUT2D eigenvalue weighted by molar-refractivity contribution is 0.203. The molecule has 2 aliphatic heterocycles. The first kappa shape index (κ1) is 13.3. The molecular formula is C14H24N4S. The number of anilines is 1. The molecule has 3 rings (SSSR count). The zero-order valence-electron chi connectivity index (χ0n) is 12.1. The van der Waals surface area contributed by atoms with Gasteiger partial charge in [0, 0.05) is 36.1 Å². The summed E-state index contributed by atoms with van der Waals surface area (Å²) >= 11 is 1.78. The van der Waals surface area contributed by atoms with E-state index < -0.39 is 0 Å². The van der Waals surface area contributed by atoms with Gasteiger partial charge in [0.2, 0.25) is 0 Å². The van der Waals surface area contributed by atoms with Gasteiger partial charge in [-0.3, -0.25) is 4.90 Å². The second-order valence-electron chi connectivity index (χ2n) is 6.03. The molecule has 19 heavy (non-hydrogen) atoms. The highest BCUT2D eigenvalue weighted by atomic mass is 32.1. The number of aryl methyl sites for hydroxylation is 1. The lowest BCUT2D eigenvalue weighted by Gasteiger charge is -2.42. The van der Waals surface area contributed by atoms with E-state index in [0.29, 0.717) is 6.04 Å². The van der Waals surface area contributed by atoms with Gasteiger partial charge in [0.1, 0.15) is 0 Å². The Bertz CT molecular complexity index is 456. The van der Waals surface area contributed by atoms with E-state index in [1.54, 1.807) is 11.3 Å². The molecule has 106 valence electrons. The Hall–Kier alpha value is -0.650. The molecular weight excluding hydrogens is 256 g/mol. The number of thiazole rings is 1. The summed E-state index contributed by atoms with van der Waals surface area (Å²) in [6.07, 6.45) is 2.70. The van der Waals surface area contributed by atoms with Crippen molar-refractivity contribution in [1.82, 2.24) is 9.88 Å². The minimum Gasteiger partial charge on any atom is -0.343 e. The molecule has 0 aliphatic carbocycles. The first-order valence-corrected chi connectivity index (χ1v) is 8.11. The van der Waals surface area contributed by atoms with Crippen molar-refractivity contribution in [3.05, 3.63) is 10.6 Å². The molecule has 5 heteroatoms. The number of rotatable bonds is 2. The summed E-state index contributed by atoms with van der Waals surface area (Å²) < 4.78 is 0. The molecule has 1 aromatic heterocycles. The molecule has 0 bridgehead atoms. The fourth-order valence-corrected chi connectivity index (χ4v) is 4.52. The van der Waals surface area contributed by atoms with Gasteiger partial charge in [-0.1, -0.05) is 0 Å². The van der Waals surface area contributed by atoms with Crippen LogP contribution in [0.2, 0.25) is 0 Å². The van der Waals surface area contributed by atoms with E-state index in [0.717, 1.165) is 18.3 Å². The van der Waals surface area contributed by atoms with Crippen LogP contribution < -0.4 is 10.6 Å². The lowest BCUT2D eigenvalue weighted by Crippen LogP contribution is -2.55. The van der Waals surface area contributed by atoms with Crippen molar-refractivity contribution in [1.29, 1.82) is 0 Å². The summed E-state index contributed by atoms with van der Waals surface area (Å²) in [5, 5.41) is 1.17. The third kappa shape index (κ3) is 2.39. The van der Waals surface area contributed by atoms with Gasteiger partial charge in [-0.25, -0.2) is 4.98 Å². The van der Waals surface area contributed by atoms with Crippen molar-refractivity contribution >= 4 is 16.5 Å². The largest absolute Gasteiger partial charge is 0.343 e. The number of nitrogens with two attached hydrogens (primary N) is 1. The van der Waals surface area contributed by atoms with Crippen LogP contribution >= 0.6 is 11.3 Å². The predicted molar refractivity (Wildman–Crippen MR) is 80.9 cm³/mol. The smallest absolute Gasteiger partial charge is 0.186 e. The van der Waals surface area contributed by atoms with Crippen LogP contribution in [0.15, 0.2) is 0 Å². The Morgan fingerprint density at radius 3 is 2.89 bits per heavy atom. The van der Waals surface area contributed by atoms with Crippen molar-refractivity contribution < 1.29 is 0 Å². The van der Waals surface area contributed by atoms with E-state index >= 15 is 0 Å². The second-order valence-corrected chi connectivity index (χ2v) is 7.04. The monoisotopic (exact) mass is 280 g/mol. The summed E-state index contributed by atoms with van der Waals surface area (Å²) in [5.41, 5.74) is 7.13. The van der Waals surface area contributed by atoms with Crippen LogP contribution in [0.25, 0.3) is 0 Å². The lowest BCUT2D eigenvalue weighted by atomic mass is 10.1. The number of hydrogen-bond acceptors (Lipinski definition) is 5. The fourth-order valence-electron chi connectivity index (χ4n) is 3.39. The molecule has 3 atom stereocenters. The van der Waals surface area contributed by atoms with Crippen LogP contribution in [-0.2, 0) is 0 Å². The summed E-state index contributed by atoms with van der Waals surface area (Å²) in [7, 11) is 0. The maximum Gasteiger partial charge on any atom is 0.186 e. The molecule has 2 fully saturated rings. The van der Waals surface area contributed by atoms with Gasteiger partial charge < -0.3 is 10.6 Å². The molecule has 2 aliphatic rings. The van der Waals surface area contributed by atoms with Crippen LogP contribution in [0, 0.1) is 6.92 Å². The summed E-state index contributed by atoms with van der Waals surface area (Å²) in [6, 6.07) is 1.38. The van der Waals surface area contributed by atoms with Crippen molar-refractivity contribution in [2.45, 2.75) is 51.7 Å². The number of aromatic nitrogens is 1. The highest BCUT2D eigenvalue weighted by Gasteiger charge is 2.35. The van der Waals surface area contributed by atoms with Gasteiger partial charge in [-0.05, 0) is 40.2 Å². The molecule has 0 amide bonds. The number of hydrogen-bond donors (Lipinski definition) is 1. The molecule has 1 aromatic rings. The van der Waals surface area contributed by atoms with Gasteiger partial charge in [-0.15, -0.1) is 11.3 Å². The van der Waals surface area contributed by atoms with E-state index in [4.69, 9.17) is 10.7 Å². The first-order chi connectivity index (χ1) is 9.06. The molecule has 0 spiro atoms. The second kappa shape index (κ2) is 5.04. The van der Waals surface area contributed by atoms with Crippen molar-refractivity contribution in [3.63, 3.8) is 0 Å². The molecule has 0 saturated carbocycles. The maximum absolute atomic E-state index is 6.02. The van der Waals surface area contributed by atoms with Gasteiger partial charge in [-0.2, -0.15) is 0 Å². The van der Waals surface area contributed by atoms with Gasteiger partial charge in [0.25, 0.3) is 0 Å². The van der Waals surface area contributed by atoms with Crippen LogP contribution in [0.3, 0.4) is 0 Å². The summed E-state index contributed by atoms with van der Waals surface area (Å²) in [4.78, 5) is 11.1. The molecule has 3 heterocycles. The topological polar surface area (TPSA) is 45.4 Å². The summed E-state index contributed by atoms with van der Waals surface area (Å²) in [5.74, 6) is 0. The Morgan fingerprint density at radius 2 is 2.21 bits per heavy atom. The van der Waals surface area contributed by atoms with Gasteiger partial charge >= 0.3 is 0 Å². The molecule has 0 aromatic carbocycles. The van der Waals surface area contributed by atoms with Gasteiger partial charge in [0.05, 0.1) is 5.69 Å². The third-order valence-corrected chi connectivity index (χ3v) is 5.81. The Morgan fingerprint density at radius 1 is 1.42 bits per heavy atom. The molecule has 2 saturated heterocycles. The SMILES string of the molecule is Cc1nc(N2CC3CCCN3CC2C)sc1C(C)N. The zero-order valence-corrected chi connectivity index (χ0v) is 12.9. The van der Waals surface area contributed by atoms with Crippen LogP contribution in [-0.4, -0.2) is 41.6 Å². The van der Waals surface area contributed by atoms with Crippen molar-refractivity contribution in [2.75, 3.05) is 24.5 Å². The maximum atomic E-state index is 6.02. The highest BCUT2D eigenvalue weighted by Crippen LogP contribution is 2.34. The normalized spacial score (nSPS) is 29.6. The average molecular weight is 280 g/mol. The van der Waals surface area contributed by atoms with Crippen LogP contribution in [0.5, 0.6) is 0 Å². The molecule has 4 nitrogen and oxygen atoms in total. The Balaban J connectivity index is 1.83. The molecule has 2 N–H and O–H groups in total. The minimum absolute atomic E-state index is 0.0920. The van der Waals surface area contributed by atoms with Gasteiger partial charge in [0.15, 0.2) is 5.13 Å². The molecule has 0 radical (unpaired) electrons. The van der Waals surface area contributed by atoms with E-state index in [9.17, 15) is 0 Å². The highest BCUT2D eigenvalue weighted by molar-refractivity contribution is 7.15. The molecule has 3 unspecified atom stereocenters. The van der Waals surface area contributed by atoms with E-state index in [2.05, 4.69) is 23.6 Å². The summed E-state index contributed by atoms with van der Waals surface area (Å²) in [6.45, 7) is 10.0. The minimum atomic E-state index is 0.0920. The number of nitrogens with zero attached hydrogens (tertiary/aromatic N) is 3. The Labute approximate surface area is 119 Å².